The molecule has 0 aliphatic rings. The van der Waals surface area contributed by atoms with Crippen LogP contribution >= 0.6 is 0 Å². The number of hydrogen-bond donors (Lipinski definition) is 0. The van der Waals surface area contributed by atoms with Crippen LogP contribution < -0.4 is 0 Å². The van der Waals surface area contributed by atoms with Crippen molar-refractivity contribution in [3.63, 3.8) is 0 Å². The van der Waals surface area contributed by atoms with Gasteiger partial charge >= 0.3 is 0 Å². The number of fused-ring (bicyclic) bond motifs is 6. The van der Waals surface area contributed by atoms with Gasteiger partial charge in [0.25, 0.3) is 0 Å². The molecule has 12 aromatic rings. The lowest BCUT2D eigenvalue weighted by Crippen LogP contribution is -2.04. The monoisotopic (exact) mass is 804 g/mol. The Kier molecular flexibility index (Phi) is 8.68. The highest BCUT2D eigenvalue weighted by atomic mass is 15.0. The number of benzene rings is 9. The van der Waals surface area contributed by atoms with E-state index in [0.717, 1.165) is 72.6 Å². The molecule has 0 atom stereocenters. The third-order valence-electron chi connectivity index (χ3n) is 12.4. The van der Waals surface area contributed by atoms with Crippen LogP contribution in [0.5, 0.6) is 0 Å². The summed E-state index contributed by atoms with van der Waals surface area (Å²) >= 11 is 0. The van der Waals surface area contributed by atoms with Gasteiger partial charge in [-0.3, -0.25) is 0 Å². The van der Waals surface area contributed by atoms with Gasteiger partial charge in [-0.1, -0.05) is 181 Å². The summed E-state index contributed by atoms with van der Waals surface area (Å²) in [6.45, 7) is 2.14. The Morgan fingerprint density at radius 2 is 0.810 bits per heavy atom. The van der Waals surface area contributed by atoms with Crippen LogP contribution in [0.4, 0.5) is 0 Å². The molecular formula is C59H40N4. The van der Waals surface area contributed by atoms with Gasteiger partial charge in [-0.25, -0.2) is 9.97 Å². The number of para-hydroxylation sites is 4. The first-order chi connectivity index (χ1) is 31.2. The van der Waals surface area contributed by atoms with Gasteiger partial charge in [-0.2, -0.15) is 0 Å². The van der Waals surface area contributed by atoms with E-state index in [1.165, 1.54) is 38.2 Å². The fourth-order valence-electron chi connectivity index (χ4n) is 9.50. The molecule has 0 fully saturated rings. The average molecular weight is 805 g/mol. The van der Waals surface area contributed by atoms with E-state index in [4.69, 9.17) is 9.97 Å². The SMILES string of the molecule is Cc1ccc(-c2ccc3c(c2)c2ccccc2n3-c2cccc(-c3cc(-c4ccccc4)nc(-c4ccccc4)n3)c2-c2ccccc2-n2c3ccccc3c3ccccc32)cc1. The first kappa shape index (κ1) is 36.5. The lowest BCUT2D eigenvalue weighted by Gasteiger charge is -2.22. The molecule has 0 saturated heterocycles. The Hall–Kier alpha value is -8.34. The molecule has 4 heteroatoms. The van der Waals surface area contributed by atoms with Crippen LogP contribution in [0.3, 0.4) is 0 Å². The summed E-state index contributed by atoms with van der Waals surface area (Å²) < 4.78 is 4.90. The third-order valence-corrected chi connectivity index (χ3v) is 12.4. The fraction of sp³-hybridized carbons (Fsp3) is 0.0169. The highest BCUT2D eigenvalue weighted by molar-refractivity contribution is 6.13. The van der Waals surface area contributed by atoms with Crippen molar-refractivity contribution in [1.29, 1.82) is 0 Å². The molecule has 63 heavy (non-hydrogen) atoms. The molecule has 0 aliphatic heterocycles. The molecule has 9 aromatic carbocycles. The minimum atomic E-state index is 0.680. The second-order valence-electron chi connectivity index (χ2n) is 16.2. The first-order valence-corrected chi connectivity index (χ1v) is 21.5. The summed E-state index contributed by atoms with van der Waals surface area (Å²) in [5.41, 5.74) is 17.3. The topological polar surface area (TPSA) is 35.6 Å². The number of aromatic nitrogens is 4. The van der Waals surface area contributed by atoms with Crippen molar-refractivity contribution in [2.24, 2.45) is 0 Å². The van der Waals surface area contributed by atoms with E-state index in [1.807, 2.05) is 24.3 Å². The van der Waals surface area contributed by atoms with Gasteiger partial charge in [0.2, 0.25) is 0 Å². The Morgan fingerprint density at radius 1 is 0.317 bits per heavy atom. The molecule has 0 saturated carbocycles. The van der Waals surface area contributed by atoms with Gasteiger partial charge < -0.3 is 9.13 Å². The summed E-state index contributed by atoms with van der Waals surface area (Å²) in [6.07, 6.45) is 0. The smallest absolute Gasteiger partial charge is 0.160 e. The maximum Gasteiger partial charge on any atom is 0.160 e. The Labute approximate surface area is 365 Å². The van der Waals surface area contributed by atoms with E-state index in [-0.39, 0.29) is 0 Å². The Morgan fingerprint density at radius 3 is 1.49 bits per heavy atom. The van der Waals surface area contributed by atoms with Crippen LogP contribution in [0.25, 0.3) is 111 Å². The van der Waals surface area contributed by atoms with Crippen molar-refractivity contribution in [1.82, 2.24) is 19.1 Å². The molecule has 3 heterocycles. The normalized spacial score (nSPS) is 11.6. The molecule has 0 bridgehead atoms. The fourth-order valence-corrected chi connectivity index (χ4v) is 9.50. The van der Waals surface area contributed by atoms with Crippen LogP contribution in [-0.2, 0) is 0 Å². The summed E-state index contributed by atoms with van der Waals surface area (Å²) in [5.74, 6) is 0.680. The zero-order valence-corrected chi connectivity index (χ0v) is 34.7. The molecule has 12 rings (SSSR count). The van der Waals surface area contributed by atoms with Crippen LogP contribution in [0, 0.1) is 6.92 Å². The molecule has 0 spiro atoms. The van der Waals surface area contributed by atoms with Gasteiger partial charge in [0.1, 0.15) is 0 Å². The summed E-state index contributed by atoms with van der Waals surface area (Å²) in [7, 11) is 0. The van der Waals surface area contributed by atoms with Crippen LogP contribution in [0.1, 0.15) is 5.56 Å². The molecule has 296 valence electrons. The van der Waals surface area contributed by atoms with Gasteiger partial charge in [0.15, 0.2) is 5.82 Å². The van der Waals surface area contributed by atoms with Crippen molar-refractivity contribution in [2.45, 2.75) is 6.92 Å². The molecule has 0 radical (unpaired) electrons. The van der Waals surface area contributed by atoms with Gasteiger partial charge in [0, 0.05) is 49.4 Å². The van der Waals surface area contributed by atoms with Crippen LogP contribution in [-0.4, -0.2) is 19.1 Å². The largest absolute Gasteiger partial charge is 0.309 e. The molecule has 4 nitrogen and oxygen atoms in total. The third kappa shape index (κ3) is 6.14. The maximum atomic E-state index is 5.45. The van der Waals surface area contributed by atoms with Gasteiger partial charge in [-0.05, 0) is 66.6 Å². The average Bonchev–Trinajstić information content (AvgIpc) is 3.87. The summed E-state index contributed by atoms with van der Waals surface area (Å²) in [6, 6.07) is 80.5. The predicted molar refractivity (Wildman–Crippen MR) is 263 cm³/mol. The second kappa shape index (κ2) is 15.0. The summed E-state index contributed by atoms with van der Waals surface area (Å²) in [5, 5.41) is 4.85. The van der Waals surface area contributed by atoms with E-state index >= 15 is 0 Å². The van der Waals surface area contributed by atoms with Crippen LogP contribution in [0.2, 0.25) is 0 Å². The van der Waals surface area contributed by atoms with Crippen molar-refractivity contribution >= 4 is 43.6 Å². The van der Waals surface area contributed by atoms with Crippen molar-refractivity contribution in [3.8, 4) is 67.5 Å². The second-order valence-corrected chi connectivity index (χ2v) is 16.2. The molecule has 0 amide bonds. The van der Waals surface area contributed by atoms with E-state index in [2.05, 4.69) is 216 Å². The van der Waals surface area contributed by atoms with E-state index in [9.17, 15) is 0 Å². The van der Waals surface area contributed by atoms with E-state index < -0.39 is 0 Å². The summed E-state index contributed by atoms with van der Waals surface area (Å²) in [4.78, 5) is 10.6. The highest BCUT2D eigenvalue weighted by Crippen LogP contribution is 2.45. The van der Waals surface area contributed by atoms with E-state index in [0.29, 0.717) is 5.82 Å². The van der Waals surface area contributed by atoms with E-state index in [1.54, 1.807) is 0 Å². The lowest BCUT2D eigenvalue weighted by molar-refractivity contribution is 1.15. The number of hydrogen-bond acceptors (Lipinski definition) is 2. The number of nitrogens with zero attached hydrogens (tertiary/aromatic N) is 4. The quantitative estimate of drug-likeness (QED) is 0.161. The zero-order chi connectivity index (χ0) is 41.9. The lowest BCUT2D eigenvalue weighted by atomic mass is 9.93. The maximum absolute atomic E-state index is 5.45. The standard InChI is InChI=1S/C59H40N4/c1-39-31-33-40(34-32-39)43-35-36-56-49(37-43)46-23-10-14-28-54(46)63(56)57-30-16-25-47(51-38-50(41-17-4-2-5-18-41)60-59(61-51)42-19-6-3-7-20-42)58(57)48-24-11-15-29-55(48)62-52-26-12-8-21-44(52)45-22-9-13-27-53(45)62/h2-38H,1H3. The molecule has 0 aliphatic carbocycles. The highest BCUT2D eigenvalue weighted by Gasteiger charge is 2.24. The predicted octanol–water partition coefficient (Wildman–Crippen LogP) is 15.3. The van der Waals surface area contributed by atoms with Gasteiger partial charge in [-0.15, -0.1) is 0 Å². The van der Waals surface area contributed by atoms with Crippen molar-refractivity contribution in [3.05, 3.63) is 230 Å². The zero-order valence-electron chi connectivity index (χ0n) is 34.7. The van der Waals surface area contributed by atoms with Crippen molar-refractivity contribution in [2.75, 3.05) is 0 Å². The van der Waals surface area contributed by atoms with Crippen LogP contribution in [0.15, 0.2) is 224 Å². The Balaban J connectivity index is 1.20. The Bertz CT molecular complexity index is 3560. The molecule has 3 aromatic heterocycles. The molecular weight excluding hydrogens is 765 g/mol. The molecule has 0 N–H and O–H groups in total. The van der Waals surface area contributed by atoms with Crippen molar-refractivity contribution < 1.29 is 0 Å². The van der Waals surface area contributed by atoms with Gasteiger partial charge in [0.05, 0.1) is 44.8 Å². The minimum absolute atomic E-state index is 0.680. The number of rotatable bonds is 7. The minimum Gasteiger partial charge on any atom is -0.309 e. The first-order valence-electron chi connectivity index (χ1n) is 21.5. The number of aryl methyl sites for hydroxylation is 1. The molecule has 0 unspecified atom stereocenters.